The average molecular weight is 412 g/mol. The van der Waals surface area contributed by atoms with Gasteiger partial charge in [0.15, 0.2) is 18.0 Å². The zero-order valence-corrected chi connectivity index (χ0v) is 17.4. The van der Waals surface area contributed by atoms with Crippen LogP contribution in [0.5, 0.6) is 11.5 Å². The monoisotopic (exact) mass is 411 g/mol. The minimum atomic E-state index is 0.0611. The molecule has 1 saturated carbocycles. The molecule has 1 saturated heterocycles. The van der Waals surface area contributed by atoms with Gasteiger partial charge in [-0.25, -0.2) is 4.68 Å². The Kier molecular flexibility index (Phi) is 5.62. The third-order valence-corrected chi connectivity index (χ3v) is 6.65. The number of nitrogens with zero attached hydrogens (tertiary/aromatic N) is 2. The normalized spacial score (nSPS) is 24.0. The summed E-state index contributed by atoms with van der Waals surface area (Å²) < 4.78 is 13.6. The number of amides is 1. The number of carbonyl (C=O) groups is 1. The Bertz CT molecular complexity index is 890. The van der Waals surface area contributed by atoms with E-state index in [1.807, 2.05) is 16.8 Å². The van der Waals surface area contributed by atoms with E-state index >= 15 is 0 Å². The minimum Gasteiger partial charge on any atom is -0.490 e. The number of carbonyl (C=O) groups excluding carboxylic acids is 1. The number of ether oxygens (including phenoxy) is 2. The van der Waals surface area contributed by atoms with E-state index in [4.69, 9.17) is 9.47 Å². The van der Waals surface area contributed by atoms with E-state index < -0.39 is 0 Å². The lowest BCUT2D eigenvalue weighted by molar-refractivity contribution is -0.910. The molecule has 1 amide bonds. The fraction of sp³-hybridized carbons (Fsp3) is 0.565. The minimum absolute atomic E-state index is 0.0611. The molecule has 0 radical (unpaired) electrons. The molecule has 2 N–H and O–H groups in total. The zero-order chi connectivity index (χ0) is 20.3. The van der Waals surface area contributed by atoms with Crippen molar-refractivity contribution in [1.82, 2.24) is 9.78 Å². The van der Waals surface area contributed by atoms with E-state index in [9.17, 15) is 4.79 Å². The maximum absolute atomic E-state index is 12.9. The summed E-state index contributed by atoms with van der Waals surface area (Å²) >= 11 is 0. The van der Waals surface area contributed by atoms with Gasteiger partial charge in [0.25, 0.3) is 5.91 Å². The standard InChI is InChI=1S/C23H30N4O3/c28-23(25-22-10-11-24-27(22)18-5-1-2-6-18)16-26-12-3-7-19(26)17-8-9-20-21(15-17)30-14-4-13-29-20/h8-11,15,18-19H,1-7,12-14,16H2,(H,25,28)/p+1/t19-/m0/s1. The van der Waals surface area contributed by atoms with E-state index in [2.05, 4.69) is 22.5 Å². The molecule has 2 atom stereocenters. The van der Waals surface area contributed by atoms with Crippen molar-refractivity contribution >= 4 is 11.7 Å². The molecule has 3 heterocycles. The Labute approximate surface area is 177 Å². The maximum Gasteiger partial charge on any atom is 0.280 e. The average Bonchev–Trinajstić information content (AvgIpc) is 3.48. The van der Waals surface area contributed by atoms with E-state index in [1.165, 1.54) is 23.3 Å². The van der Waals surface area contributed by atoms with Crippen molar-refractivity contribution in [3.8, 4) is 11.5 Å². The summed E-state index contributed by atoms with van der Waals surface area (Å²) in [6.07, 6.45) is 9.69. The van der Waals surface area contributed by atoms with Crippen molar-refractivity contribution in [3.05, 3.63) is 36.0 Å². The van der Waals surface area contributed by atoms with Crippen molar-refractivity contribution in [1.29, 1.82) is 0 Å². The number of quaternary nitrogens is 1. The molecule has 0 bridgehead atoms. The molecule has 1 aliphatic carbocycles. The Hall–Kier alpha value is -2.54. The highest BCUT2D eigenvalue weighted by Crippen LogP contribution is 2.33. The highest BCUT2D eigenvalue weighted by molar-refractivity contribution is 5.90. The van der Waals surface area contributed by atoms with Crippen molar-refractivity contribution in [2.24, 2.45) is 0 Å². The Morgan fingerprint density at radius 2 is 1.90 bits per heavy atom. The quantitative estimate of drug-likeness (QED) is 0.793. The number of hydrogen-bond donors (Lipinski definition) is 2. The highest BCUT2D eigenvalue weighted by atomic mass is 16.5. The van der Waals surface area contributed by atoms with Crippen LogP contribution in [0.2, 0.25) is 0 Å². The van der Waals surface area contributed by atoms with Crippen LogP contribution < -0.4 is 19.7 Å². The second-order valence-corrected chi connectivity index (χ2v) is 8.68. The van der Waals surface area contributed by atoms with Gasteiger partial charge in [-0.3, -0.25) is 4.79 Å². The van der Waals surface area contributed by atoms with Crippen molar-refractivity contribution < 1.29 is 19.2 Å². The van der Waals surface area contributed by atoms with Gasteiger partial charge in [0.2, 0.25) is 0 Å². The molecule has 2 aliphatic heterocycles. The Balaban J connectivity index is 1.25. The number of rotatable bonds is 5. The topological polar surface area (TPSA) is 69.8 Å². The number of benzene rings is 1. The molecular weight excluding hydrogens is 380 g/mol. The third kappa shape index (κ3) is 4.03. The van der Waals surface area contributed by atoms with Gasteiger partial charge in [0.1, 0.15) is 11.9 Å². The molecule has 160 valence electrons. The van der Waals surface area contributed by atoms with Crippen LogP contribution in [0.25, 0.3) is 0 Å². The van der Waals surface area contributed by atoms with Crippen molar-refractivity contribution in [2.75, 3.05) is 31.6 Å². The molecule has 1 aromatic heterocycles. The lowest BCUT2D eigenvalue weighted by Crippen LogP contribution is -3.11. The van der Waals surface area contributed by atoms with Gasteiger partial charge in [-0.1, -0.05) is 12.8 Å². The molecule has 7 nitrogen and oxygen atoms in total. The number of aromatic nitrogens is 2. The van der Waals surface area contributed by atoms with Crippen LogP contribution in [0.4, 0.5) is 5.82 Å². The number of nitrogens with one attached hydrogen (secondary N) is 2. The van der Waals surface area contributed by atoms with E-state index in [1.54, 1.807) is 6.20 Å². The number of anilines is 1. The number of hydrogen-bond acceptors (Lipinski definition) is 4. The fourth-order valence-corrected chi connectivity index (χ4v) is 5.17. The molecule has 3 aliphatic rings. The van der Waals surface area contributed by atoms with Gasteiger partial charge in [0, 0.05) is 30.9 Å². The van der Waals surface area contributed by atoms with Gasteiger partial charge in [0.05, 0.1) is 32.0 Å². The summed E-state index contributed by atoms with van der Waals surface area (Å²) in [5, 5.41) is 7.58. The van der Waals surface area contributed by atoms with Crippen molar-refractivity contribution in [2.45, 2.75) is 57.0 Å². The lowest BCUT2D eigenvalue weighted by atomic mass is 10.0. The molecule has 1 unspecified atom stereocenters. The van der Waals surface area contributed by atoms with Crippen LogP contribution in [-0.2, 0) is 4.79 Å². The first-order chi connectivity index (χ1) is 14.8. The highest BCUT2D eigenvalue weighted by Gasteiger charge is 2.33. The van der Waals surface area contributed by atoms with E-state index in [0.717, 1.165) is 56.0 Å². The molecule has 7 heteroatoms. The molecule has 0 spiro atoms. The van der Waals surface area contributed by atoms with Crippen LogP contribution in [0.3, 0.4) is 0 Å². The van der Waals surface area contributed by atoms with Crippen LogP contribution in [0.15, 0.2) is 30.5 Å². The Morgan fingerprint density at radius 3 is 2.77 bits per heavy atom. The number of likely N-dealkylation sites (tertiary alicyclic amines) is 1. The van der Waals surface area contributed by atoms with Crippen LogP contribution in [-0.4, -0.2) is 42.0 Å². The second-order valence-electron chi connectivity index (χ2n) is 8.68. The fourth-order valence-electron chi connectivity index (χ4n) is 5.17. The first-order valence-electron chi connectivity index (χ1n) is 11.4. The summed E-state index contributed by atoms with van der Waals surface area (Å²) in [4.78, 5) is 14.2. The molecule has 1 aromatic carbocycles. The van der Waals surface area contributed by atoms with Gasteiger partial charge in [-0.2, -0.15) is 5.10 Å². The van der Waals surface area contributed by atoms with E-state index in [-0.39, 0.29) is 5.91 Å². The van der Waals surface area contributed by atoms with Gasteiger partial charge >= 0.3 is 0 Å². The van der Waals surface area contributed by atoms with Gasteiger partial charge in [-0.15, -0.1) is 0 Å². The van der Waals surface area contributed by atoms with Crippen molar-refractivity contribution in [3.63, 3.8) is 0 Å². The third-order valence-electron chi connectivity index (χ3n) is 6.65. The summed E-state index contributed by atoms with van der Waals surface area (Å²) in [5.74, 6) is 2.55. The first kappa shape index (κ1) is 19.4. The van der Waals surface area contributed by atoms with Crippen LogP contribution in [0, 0.1) is 0 Å². The summed E-state index contributed by atoms with van der Waals surface area (Å²) in [5.41, 5.74) is 1.23. The molecular formula is C23H31N4O3+. The summed E-state index contributed by atoms with van der Waals surface area (Å²) in [6.45, 7) is 2.86. The predicted molar refractivity (Wildman–Crippen MR) is 113 cm³/mol. The Morgan fingerprint density at radius 1 is 1.07 bits per heavy atom. The van der Waals surface area contributed by atoms with Gasteiger partial charge < -0.3 is 19.7 Å². The van der Waals surface area contributed by atoms with E-state index in [0.29, 0.717) is 31.8 Å². The molecule has 5 rings (SSSR count). The summed E-state index contributed by atoms with van der Waals surface area (Å²) in [6, 6.07) is 8.92. The zero-order valence-electron chi connectivity index (χ0n) is 17.4. The largest absolute Gasteiger partial charge is 0.490 e. The van der Waals surface area contributed by atoms with Crippen LogP contribution >= 0.6 is 0 Å². The molecule has 2 aromatic rings. The number of fused-ring (bicyclic) bond motifs is 1. The molecule has 2 fully saturated rings. The smallest absolute Gasteiger partial charge is 0.280 e. The summed E-state index contributed by atoms with van der Waals surface area (Å²) in [7, 11) is 0. The molecule has 30 heavy (non-hydrogen) atoms. The first-order valence-corrected chi connectivity index (χ1v) is 11.4. The second kappa shape index (κ2) is 8.68. The van der Waals surface area contributed by atoms with Gasteiger partial charge in [-0.05, 0) is 31.0 Å². The lowest BCUT2D eigenvalue weighted by Gasteiger charge is -2.22. The van der Waals surface area contributed by atoms with Crippen LogP contribution in [0.1, 0.15) is 62.6 Å². The maximum atomic E-state index is 12.9. The predicted octanol–water partition coefficient (Wildman–Crippen LogP) is 2.52. The SMILES string of the molecule is O=C(C[NH+]1CCC[C@H]1c1ccc2c(c1)OCCCO2)Nc1ccnn1C1CCCC1.